The van der Waals surface area contributed by atoms with Crippen LogP contribution < -0.4 is 4.74 Å². The maximum absolute atomic E-state index is 13.1. The molecule has 0 amide bonds. The van der Waals surface area contributed by atoms with Crippen molar-refractivity contribution in [2.75, 3.05) is 12.4 Å². The molecule has 0 bridgehead atoms. The van der Waals surface area contributed by atoms with E-state index in [1.165, 1.54) is 0 Å². The smallest absolute Gasteiger partial charge is 0.162 e. The molecular weight excluding hydrogens is 242 g/mol. The van der Waals surface area contributed by atoms with Crippen molar-refractivity contribution in [1.29, 1.82) is 0 Å². The Morgan fingerprint density at radius 1 is 1.24 bits per heavy atom. The van der Waals surface area contributed by atoms with Crippen molar-refractivity contribution in [3.05, 3.63) is 29.3 Å². The highest BCUT2D eigenvalue weighted by Crippen LogP contribution is 2.23. The van der Waals surface area contributed by atoms with Gasteiger partial charge in [0.05, 0.1) is 6.61 Å². The average Bonchev–Trinajstić information content (AvgIpc) is 2.25. The first-order valence-electron chi connectivity index (χ1n) is 5.65. The van der Waals surface area contributed by atoms with E-state index in [4.69, 9.17) is 4.74 Å². The molecule has 0 fully saturated rings. The Morgan fingerprint density at radius 2 is 1.82 bits per heavy atom. The molecule has 0 aliphatic carbocycles. The molecule has 1 aromatic carbocycles. The van der Waals surface area contributed by atoms with E-state index in [2.05, 4.69) is 26.5 Å². The summed E-state index contributed by atoms with van der Waals surface area (Å²) in [6, 6.07) is 2.25. The standard InChI is InChI=1S/C13H18F2OS/c1-8(2)10(7-17)6-16-13-5-12(15)11(14)4-9(13)3/h4-5,8,10,17H,6-7H2,1-3H3. The van der Waals surface area contributed by atoms with Crippen molar-refractivity contribution in [2.45, 2.75) is 20.8 Å². The molecule has 0 spiro atoms. The van der Waals surface area contributed by atoms with Crippen molar-refractivity contribution in [1.82, 2.24) is 0 Å². The fourth-order valence-corrected chi connectivity index (χ4v) is 1.96. The number of halogens is 2. The Kier molecular flexibility index (Phi) is 5.25. The van der Waals surface area contributed by atoms with E-state index in [1.54, 1.807) is 6.92 Å². The van der Waals surface area contributed by atoms with Crippen LogP contribution in [0.4, 0.5) is 8.78 Å². The van der Waals surface area contributed by atoms with Crippen molar-refractivity contribution in [3.8, 4) is 5.75 Å². The summed E-state index contributed by atoms with van der Waals surface area (Å²) >= 11 is 4.25. The van der Waals surface area contributed by atoms with Gasteiger partial charge in [0.2, 0.25) is 0 Å². The molecule has 96 valence electrons. The van der Waals surface area contributed by atoms with Gasteiger partial charge in [0.15, 0.2) is 11.6 Å². The minimum atomic E-state index is -0.877. The largest absolute Gasteiger partial charge is 0.493 e. The number of aryl methyl sites for hydroxylation is 1. The van der Waals surface area contributed by atoms with E-state index in [9.17, 15) is 8.78 Å². The van der Waals surface area contributed by atoms with Gasteiger partial charge in [-0.2, -0.15) is 12.6 Å². The Balaban J connectivity index is 2.72. The average molecular weight is 260 g/mol. The lowest BCUT2D eigenvalue weighted by Crippen LogP contribution is -2.19. The molecule has 0 heterocycles. The minimum Gasteiger partial charge on any atom is -0.493 e. The molecule has 0 aliphatic rings. The lowest BCUT2D eigenvalue weighted by molar-refractivity contribution is 0.224. The molecule has 1 nitrogen and oxygen atoms in total. The molecule has 1 rings (SSSR count). The highest BCUT2D eigenvalue weighted by atomic mass is 32.1. The topological polar surface area (TPSA) is 9.23 Å². The molecule has 17 heavy (non-hydrogen) atoms. The molecule has 0 radical (unpaired) electrons. The zero-order valence-electron chi connectivity index (χ0n) is 10.3. The second kappa shape index (κ2) is 6.24. The van der Waals surface area contributed by atoms with Crippen LogP contribution in [-0.4, -0.2) is 12.4 Å². The van der Waals surface area contributed by atoms with E-state index in [-0.39, 0.29) is 0 Å². The normalized spacial score (nSPS) is 12.9. The summed E-state index contributed by atoms with van der Waals surface area (Å²) in [4.78, 5) is 0. The Labute approximate surface area is 107 Å². The molecule has 1 aromatic rings. The zero-order valence-corrected chi connectivity index (χ0v) is 11.2. The van der Waals surface area contributed by atoms with Crippen LogP contribution in [0.3, 0.4) is 0 Å². The van der Waals surface area contributed by atoms with Gasteiger partial charge in [-0.1, -0.05) is 13.8 Å². The molecular formula is C13H18F2OS. The maximum Gasteiger partial charge on any atom is 0.162 e. The summed E-state index contributed by atoms with van der Waals surface area (Å²) in [7, 11) is 0. The first-order chi connectivity index (χ1) is 7.95. The van der Waals surface area contributed by atoms with Gasteiger partial charge in [0.1, 0.15) is 5.75 Å². The van der Waals surface area contributed by atoms with E-state index in [1.807, 2.05) is 0 Å². The predicted molar refractivity (Wildman–Crippen MR) is 68.8 cm³/mol. The summed E-state index contributed by atoms with van der Waals surface area (Å²) in [5, 5.41) is 0. The van der Waals surface area contributed by atoms with E-state index in [0.717, 1.165) is 12.1 Å². The number of thiol groups is 1. The third-order valence-corrected chi connectivity index (χ3v) is 3.32. The summed E-state index contributed by atoms with van der Waals surface area (Å²) in [5.74, 6) is 0.128. The molecule has 0 aliphatic heterocycles. The first kappa shape index (κ1) is 14.3. The Morgan fingerprint density at radius 3 is 2.35 bits per heavy atom. The third-order valence-electron chi connectivity index (χ3n) is 2.85. The quantitative estimate of drug-likeness (QED) is 0.791. The lowest BCUT2D eigenvalue weighted by atomic mass is 9.99. The summed E-state index contributed by atoms with van der Waals surface area (Å²) in [5.41, 5.74) is 0.602. The number of benzene rings is 1. The fraction of sp³-hybridized carbons (Fsp3) is 0.538. The summed E-state index contributed by atoms with van der Waals surface area (Å²) < 4.78 is 31.5. The Hall–Kier alpha value is -0.770. The van der Waals surface area contributed by atoms with Gasteiger partial charge >= 0.3 is 0 Å². The van der Waals surface area contributed by atoms with E-state index < -0.39 is 11.6 Å². The van der Waals surface area contributed by atoms with E-state index in [0.29, 0.717) is 35.5 Å². The first-order valence-corrected chi connectivity index (χ1v) is 6.28. The van der Waals surface area contributed by atoms with Crippen LogP contribution in [0, 0.1) is 30.4 Å². The summed E-state index contributed by atoms with van der Waals surface area (Å²) in [6.07, 6.45) is 0. The molecule has 1 atom stereocenters. The monoisotopic (exact) mass is 260 g/mol. The van der Waals surface area contributed by atoms with Gasteiger partial charge in [-0.05, 0) is 30.2 Å². The molecule has 0 N–H and O–H groups in total. The van der Waals surface area contributed by atoms with Gasteiger partial charge in [-0.25, -0.2) is 8.78 Å². The van der Waals surface area contributed by atoms with Gasteiger partial charge in [-0.3, -0.25) is 0 Å². The lowest BCUT2D eigenvalue weighted by Gasteiger charge is -2.19. The second-order valence-electron chi connectivity index (χ2n) is 4.53. The third kappa shape index (κ3) is 3.87. The van der Waals surface area contributed by atoms with Crippen LogP contribution in [0.25, 0.3) is 0 Å². The zero-order chi connectivity index (χ0) is 13.0. The van der Waals surface area contributed by atoms with Crippen LogP contribution in [0.2, 0.25) is 0 Å². The van der Waals surface area contributed by atoms with Gasteiger partial charge < -0.3 is 4.74 Å². The number of rotatable bonds is 5. The maximum atomic E-state index is 13.1. The number of hydrogen-bond donors (Lipinski definition) is 1. The number of ether oxygens (including phenoxy) is 1. The highest BCUT2D eigenvalue weighted by molar-refractivity contribution is 7.80. The highest BCUT2D eigenvalue weighted by Gasteiger charge is 2.14. The van der Waals surface area contributed by atoms with Crippen LogP contribution in [-0.2, 0) is 0 Å². The SMILES string of the molecule is Cc1cc(F)c(F)cc1OCC(CS)C(C)C. The van der Waals surface area contributed by atoms with Crippen LogP contribution in [0.5, 0.6) is 5.75 Å². The second-order valence-corrected chi connectivity index (χ2v) is 4.89. The van der Waals surface area contributed by atoms with Crippen molar-refractivity contribution in [2.24, 2.45) is 11.8 Å². The molecule has 0 aromatic heterocycles. The minimum absolute atomic E-state index is 0.297. The van der Waals surface area contributed by atoms with Crippen LogP contribution in [0.15, 0.2) is 12.1 Å². The molecule has 4 heteroatoms. The van der Waals surface area contributed by atoms with Crippen molar-refractivity contribution < 1.29 is 13.5 Å². The predicted octanol–water partition coefficient (Wildman–Crippen LogP) is 3.85. The van der Waals surface area contributed by atoms with Gasteiger partial charge in [0.25, 0.3) is 0 Å². The number of hydrogen-bond acceptors (Lipinski definition) is 2. The van der Waals surface area contributed by atoms with Crippen molar-refractivity contribution >= 4 is 12.6 Å². The van der Waals surface area contributed by atoms with Crippen molar-refractivity contribution in [3.63, 3.8) is 0 Å². The van der Waals surface area contributed by atoms with E-state index >= 15 is 0 Å². The molecule has 1 unspecified atom stereocenters. The molecule has 0 saturated heterocycles. The Bertz CT molecular complexity index is 380. The van der Waals surface area contributed by atoms with Gasteiger partial charge in [0, 0.05) is 12.0 Å². The summed E-state index contributed by atoms with van der Waals surface area (Å²) in [6.45, 7) is 6.33. The molecule has 0 saturated carbocycles. The van der Waals surface area contributed by atoms with Crippen LogP contribution in [0.1, 0.15) is 19.4 Å². The van der Waals surface area contributed by atoms with Crippen LogP contribution >= 0.6 is 12.6 Å². The fourth-order valence-electron chi connectivity index (χ4n) is 1.44. The van der Waals surface area contributed by atoms with Gasteiger partial charge in [-0.15, -0.1) is 0 Å².